The van der Waals surface area contributed by atoms with Gasteiger partial charge < -0.3 is 5.11 Å². The van der Waals surface area contributed by atoms with E-state index in [2.05, 4.69) is 11.8 Å². The van der Waals surface area contributed by atoms with Crippen LogP contribution in [0.15, 0.2) is 0 Å². The largest absolute Gasteiger partial charge is 0.389 e. The highest BCUT2D eigenvalue weighted by Crippen LogP contribution is 2.34. The molecule has 0 unspecified atom stereocenters. The molecule has 88 valence electrons. The van der Waals surface area contributed by atoms with Crippen molar-refractivity contribution in [2.24, 2.45) is 0 Å². The maximum absolute atomic E-state index is 10.2. The van der Waals surface area contributed by atoms with Gasteiger partial charge in [-0.3, -0.25) is 4.90 Å². The molecule has 2 rings (SSSR count). The molecule has 0 heterocycles. The summed E-state index contributed by atoms with van der Waals surface area (Å²) in [6, 6.07) is 0.758. The Morgan fingerprint density at radius 2 is 1.80 bits per heavy atom. The van der Waals surface area contributed by atoms with Crippen molar-refractivity contribution in [3.05, 3.63) is 0 Å². The number of aliphatic hydroxyl groups is 1. The van der Waals surface area contributed by atoms with Crippen molar-refractivity contribution in [2.45, 2.75) is 69.9 Å². The molecule has 1 N–H and O–H groups in total. The van der Waals surface area contributed by atoms with E-state index in [9.17, 15) is 5.11 Å². The molecule has 0 saturated heterocycles. The maximum Gasteiger partial charge on any atom is 0.0774 e. The van der Waals surface area contributed by atoms with Crippen LogP contribution < -0.4 is 0 Å². The van der Waals surface area contributed by atoms with Gasteiger partial charge in [0.25, 0.3) is 0 Å². The van der Waals surface area contributed by atoms with Gasteiger partial charge in [0.2, 0.25) is 0 Å². The van der Waals surface area contributed by atoms with Crippen molar-refractivity contribution in [2.75, 3.05) is 13.1 Å². The fourth-order valence-electron chi connectivity index (χ4n) is 3.07. The van der Waals surface area contributed by atoms with Crippen LogP contribution in [-0.4, -0.2) is 34.7 Å². The van der Waals surface area contributed by atoms with Gasteiger partial charge in [0.15, 0.2) is 0 Å². The summed E-state index contributed by atoms with van der Waals surface area (Å²) in [6.45, 7) is 4.26. The molecular formula is C13H25NO. The van der Waals surface area contributed by atoms with Gasteiger partial charge in [0, 0.05) is 12.6 Å². The molecule has 0 bridgehead atoms. The molecule has 0 atom stereocenters. The van der Waals surface area contributed by atoms with Crippen LogP contribution in [0.4, 0.5) is 0 Å². The second kappa shape index (κ2) is 4.84. The molecule has 2 fully saturated rings. The zero-order valence-corrected chi connectivity index (χ0v) is 10.0. The summed E-state index contributed by atoms with van der Waals surface area (Å²) in [7, 11) is 0. The first kappa shape index (κ1) is 11.4. The molecule has 0 radical (unpaired) electrons. The summed E-state index contributed by atoms with van der Waals surface area (Å²) >= 11 is 0. The normalized spacial score (nSPS) is 26.6. The summed E-state index contributed by atoms with van der Waals surface area (Å²) in [4.78, 5) is 2.53. The Labute approximate surface area is 93.7 Å². The minimum absolute atomic E-state index is 0.326. The van der Waals surface area contributed by atoms with E-state index in [1.165, 1.54) is 38.5 Å². The zero-order chi connectivity index (χ0) is 10.7. The highest BCUT2D eigenvalue weighted by atomic mass is 16.3. The smallest absolute Gasteiger partial charge is 0.0774 e. The Hall–Kier alpha value is -0.0800. The Bertz CT molecular complexity index is 195. The van der Waals surface area contributed by atoms with Gasteiger partial charge in [-0.15, -0.1) is 0 Å². The van der Waals surface area contributed by atoms with Crippen LogP contribution in [0.2, 0.25) is 0 Å². The lowest BCUT2D eigenvalue weighted by Crippen LogP contribution is -2.51. The molecule has 0 aliphatic heterocycles. The van der Waals surface area contributed by atoms with Crippen molar-refractivity contribution in [3.63, 3.8) is 0 Å². The SMILES string of the molecule is CCN(CC1(O)CCC1)C1CCCCC1. The van der Waals surface area contributed by atoms with Crippen LogP contribution in [-0.2, 0) is 0 Å². The van der Waals surface area contributed by atoms with E-state index in [1.54, 1.807) is 0 Å². The van der Waals surface area contributed by atoms with Crippen molar-refractivity contribution < 1.29 is 5.11 Å². The highest BCUT2D eigenvalue weighted by molar-refractivity contribution is 4.92. The Balaban J connectivity index is 1.85. The third kappa shape index (κ3) is 2.73. The van der Waals surface area contributed by atoms with E-state index < -0.39 is 0 Å². The van der Waals surface area contributed by atoms with Crippen molar-refractivity contribution in [1.82, 2.24) is 4.90 Å². The third-order valence-corrected chi connectivity index (χ3v) is 4.28. The quantitative estimate of drug-likeness (QED) is 0.772. The van der Waals surface area contributed by atoms with E-state index in [-0.39, 0.29) is 5.60 Å². The van der Waals surface area contributed by atoms with Gasteiger partial charge in [0.1, 0.15) is 0 Å². The van der Waals surface area contributed by atoms with Gasteiger partial charge in [-0.1, -0.05) is 26.2 Å². The van der Waals surface area contributed by atoms with Crippen molar-refractivity contribution in [3.8, 4) is 0 Å². The Kier molecular flexibility index (Phi) is 3.68. The van der Waals surface area contributed by atoms with Gasteiger partial charge in [-0.25, -0.2) is 0 Å². The molecule has 0 aromatic heterocycles. The molecule has 0 aromatic rings. The van der Waals surface area contributed by atoms with Crippen LogP contribution in [0.1, 0.15) is 58.3 Å². The molecule has 2 saturated carbocycles. The average molecular weight is 211 g/mol. The predicted octanol–water partition coefficient (Wildman–Crippen LogP) is 2.56. The van der Waals surface area contributed by atoms with Gasteiger partial charge in [0.05, 0.1) is 5.60 Å². The summed E-state index contributed by atoms with van der Waals surface area (Å²) in [5.74, 6) is 0. The second-order valence-electron chi connectivity index (χ2n) is 5.43. The van der Waals surface area contributed by atoms with E-state index >= 15 is 0 Å². The number of rotatable bonds is 4. The lowest BCUT2D eigenvalue weighted by Gasteiger charge is -2.44. The van der Waals surface area contributed by atoms with E-state index in [0.29, 0.717) is 0 Å². The standard InChI is InChI=1S/C13H25NO/c1-2-14(11-13(15)9-6-10-13)12-7-4-3-5-8-12/h12,15H,2-11H2,1H3. The van der Waals surface area contributed by atoms with Gasteiger partial charge in [-0.2, -0.15) is 0 Å². The molecule has 0 amide bonds. The maximum atomic E-state index is 10.2. The van der Waals surface area contributed by atoms with Crippen molar-refractivity contribution >= 4 is 0 Å². The number of likely N-dealkylation sites (N-methyl/N-ethyl adjacent to an activating group) is 1. The fourth-order valence-corrected chi connectivity index (χ4v) is 3.07. The number of hydrogen-bond donors (Lipinski definition) is 1. The summed E-state index contributed by atoms with van der Waals surface area (Å²) < 4.78 is 0. The van der Waals surface area contributed by atoms with Crippen molar-refractivity contribution in [1.29, 1.82) is 0 Å². The monoisotopic (exact) mass is 211 g/mol. The first-order valence-corrected chi connectivity index (χ1v) is 6.70. The van der Waals surface area contributed by atoms with Crippen LogP contribution in [0.3, 0.4) is 0 Å². The molecule has 15 heavy (non-hydrogen) atoms. The summed E-state index contributed by atoms with van der Waals surface area (Å²) in [5, 5.41) is 10.2. The second-order valence-corrected chi connectivity index (χ2v) is 5.43. The molecule has 0 spiro atoms. The lowest BCUT2D eigenvalue weighted by molar-refractivity contribution is -0.0682. The lowest BCUT2D eigenvalue weighted by atomic mass is 9.79. The van der Waals surface area contributed by atoms with Crippen LogP contribution in [0.25, 0.3) is 0 Å². The van der Waals surface area contributed by atoms with Crippen LogP contribution in [0, 0.1) is 0 Å². The Morgan fingerprint density at radius 1 is 1.13 bits per heavy atom. The van der Waals surface area contributed by atoms with Gasteiger partial charge in [-0.05, 0) is 38.6 Å². The third-order valence-electron chi connectivity index (χ3n) is 4.28. The van der Waals surface area contributed by atoms with E-state index in [0.717, 1.165) is 32.0 Å². The van der Waals surface area contributed by atoms with Crippen LogP contribution >= 0.6 is 0 Å². The molecule has 2 aliphatic rings. The minimum Gasteiger partial charge on any atom is -0.389 e. The van der Waals surface area contributed by atoms with Crippen LogP contribution in [0.5, 0.6) is 0 Å². The first-order chi connectivity index (χ1) is 7.23. The summed E-state index contributed by atoms with van der Waals surface area (Å²) in [6.07, 6.45) is 10.2. The average Bonchev–Trinajstić information content (AvgIpc) is 2.25. The molecule has 2 aliphatic carbocycles. The fraction of sp³-hybridized carbons (Fsp3) is 1.00. The first-order valence-electron chi connectivity index (χ1n) is 6.70. The number of nitrogens with zero attached hydrogens (tertiary/aromatic N) is 1. The molecule has 2 heteroatoms. The predicted molar refractivity (Wildman–Crippen MR) is 62.9 cm³/mol. The van der Waals surface area contributed by atoms with Gasteiger partial charge >= 0.3 is 0 Å². The topological polar surface area (TPSA) is 23.5 Å². The molecule has 0 aromatic carbocycles. The number of hydrogen-bond acceptors (Lipinski definition) is 2. The summed E-state index contributed by atoms with van der Waals surface area (Å²) in [5.41, 5.74) is -0.326. The molecular weight excluding hydrogens is 186 g/mol. The minimum atomic E-state index is -0.326. The van der Waals surface area contributed by atoms with E-state index in [1.807, 2.05) is 0 Å². The zero-order valence-electron chi connectivity index (χ0n) is 10.0. The van der Waals surface area contributed by atoms with E-state index in [4.69, 9.17) is 0 Å². The highest BCUT2D eigenvalue weighted by Gasteiger charge is 2.37. The Morgan fingerprint density at radius 3 is 2.27 bits per heavy atom. The molecule has 2 nitrogen and oxygen atoms in total.